The first-order chi connectivity index (χ1) is 16.3. The van der Waals surface area contributed by atoms with Crippen LogP contribution in [0.1, 0.15) is 40.4 Å². The van der Waals surface area contributed by atoms with Gasteiger partial charge < -0.3 is 9.67 Å². The fourth-order valence-corrected chi connectivity index (χ4v) is 4.38. The second-order valence-corrected chi connectivity index (χ2v) is 8.96. The Balaban J connectivity index is 1.62. The van der Waals surface area contributed by atoms with Crippen LogP contribution in [0.5, 0.6) is 5.75 Å². The largest absolute Gasteiger partial charge is 0.507 e. The van der Waals surface area contributed by atoms with Gasteiger partial charge in [0, 0.05) is 22.7 Å². The highest BCUT2D eigenvalue weighted by Gasteiger charge is 2.17. The van der Waals surface area contributed by atoms with Gasteiger partial charge in [-0.15, -0.1) is 0 Å². The molecule has 34 heavy (non-hydrogen) atoms. The molecule has 1 aromatic heterocycles. The summed E-state index contributed by atoms with van der Waals surface area (Å²) >= 11 is 12.5. The highest BCUT2D eigenvalue weighted by atomic mass is 35.5. The number of aromatic hydroxyl groups is 1. The van der Waals surface area contributed by atoms with Gasteiger partial charge in [-0.05, 0) is 85.5 Å². The van der Waals surface area contributed by atoms with Gasteiger partial charge in [-0.25, -0.2) is 10.4 Å². The van der Waals surface area contributed by atoms with Gasteiger partial charge in [-0.2, -0.15) is 5.10 Å². The predicted molar refractivity (Wildman–Crippen MR) is 138 cm³/mol. The molecule has 8 heteroatoms. The van der Waals surface area contributed by atoms with Gasteiger partial charge >= 0.3 is 0 Å². The fourth-order valence-electron chi connectivity index (χ4n) is 3.89. The number of carbonyl (C=O) groups excluding carboxylic acids is 1. The maximum Gasteiger partial charge on any atom is 0.271 e. The van der Waals surface area contributed by atoms with E-state index in [1.165, 1.54) is 0 Å². The van der Waals surface area contributed by atoms with E-state index in [0.29, 0.717) is 21.1 Å². The molecule has 0 bridgehead atoms. The molecule has 2 N–H and O–H groups in total. The van der Waals surface area contributed by atoms with Crippen LogP contribution in [-0.2, 0) is 6.54 Å². The molecule has 3 aromatic carbocycles. The number of hydrogen-bond acceptors (Lipinski definition) is 4. The number of rotatable bonds is 6. The number of phenols is 1. The third-order valence-electron chi connectivity index (χ3n) is 5.52. The summed E-state index contributed by atoms with van der Waals surface area (Å²) < 4.78 is 2.10. The summed E-state index contributed by atoms with van der Waals surface area (Å²) in [6.07, 6.45) is 2.46. The van der Waals surface area contributed by atoms with Crippen molar-refractivity contribution in [2.75, 3.05) is 0 Å². The molecular weight excluding hydrogens is 471 g/mol. The number of benzene rings is 3. The van der Waals surface area contributed by atoms with E-state index in [1.807, 2.05) is 26.0 Å². The first-order valence-electron chi connectivity index (χ1n) is 10.9. The monoisotopic (exact) mass is 494 g/mol. The number of aryl methyl sites for hydroxylation is 3. The van der Waals surface area contributed by atoms with Gasteiger partial charge in [0.1, 0.15) is 11.6 Å². The summed E-state index contributed by atoms with van der Waals surface area (Å²) in [4.78, 5) is 17.5. The Bertz CT molecular complexity index is 1400. The molecule has 0 saturated carbocycles. The average Bonchev–Trinajstić information content (AvgIpc) is 3.15. The summed E-state index contributed by atoms with van der Waals surface area (Å²) in [7, 11) is 0. The Morgan fingerprint density at radius 1 is 1.12 bits per heavy atom. The van der Waals surface area contributed by atoms with Gasteiger partial charge in [-0.1, -0.05) is 30.1 Å². The fraction of sp³-hybridized carbons (Fsp3) is 0.192. The second-order valence-electron chi connectivity index (χ2n) is 8.12. The van der Waals surface area contributed by atoms with E-state index >= 15 is 0 Å². The smallest absolute Gasteiger partial charge is 0.271 e. The molecule has 0 aliphatic carbocycles. The third kappa shape index (κ3) is 4.79. The third-order valence-corrected chi connectivity index (χ3v) is 6.07. The topological polar surface area (TPSA) is 79.5 Å². The number of imidazole rings is 1. The Labute approximate surface area is 207 Å². The van der Waals surface area contributed by atoms with Crippen molar-refractivity contribution in [3.63, 3.8) is 0 Å². The van der Waals surface area contributed by atoms with Crippen molar-refractivity contribution in [3.8, 4) is 17.1 Å². The van der Waals surface area contributed by atoms with E-state index in [4.69, 9.17) is 28.2 Å². The van der Waals surface area contributed by atoms with Crippen LogP contribution in [0.4, 0.5) is 0 Å². The molecule has 0 aliphatic heterocycles. The molecule has 1 heterocycles. The summed E-state index contributed by atoms with van der Waals surface area (Å²) in [6.45, 7) is 6.48. The van der Waals surface area contributed by atoms with Crippen LogP contribution in [0.3, 0.4) is 0 Å². The molecule has 1 amide bonds. The van der Waals surface area contributed by atoms with Crippen molar-refractivity contribution in [3.05, 3.63) is 80.8 Å². The molecule has 0 fully saturated rings. The van der Waals surface area contributed by atoms with E-state index in [0.717, 1.165) is 46.6 Å². The SMILES string of the molecule is CCCn1c(-c2ccc(Cl)cc2Cl)nc2cc(C(=O)N/N=C/c3cc(C)c(O)c(C)c3)ccc21. The average molecular weight is 495 g/mol. The highest BCUT2D eigenvalue weighted by Crippen LogP contribution is 2.32. The number of carbonyl (C=O) groups is 1. The van der Waals surface area contributed by atoms with Gasteiger partial charge in [0.05, 0.1) is 22.3 Å². The standard InChI is InChI=1S/C26H24Cl2N4O2/c1-4-9-32-23-8-5-18(12-22(23)30-25(32)20-7-6-19(27)13-21(20)28)26(34)31-29-14-17-10-15(2)24(33)16(3)11-17/h5-8,10-14,33H,4,9H2,1-3H3,(H,31,34)/b29-14+. The van der Waals surface area contributed by atoms with Crippen molar-refractivity contribution in [1.82, 2.24) is 15.0 Å². The van der Waals surface area contributed by atoms with E-state index in [1.54, 1.807) is 42.6 Å². The van der Waals surface area contributed by atoms with Crippen LogP contribution in [0.25, 0.3) is 22.4 Å². The predicted octanol–water partition coefficient (Wildman–Crippen LogP) is 6.51. The Morgan fingerprint density at radius 3 is 2.53 bits per heavy atom. The number of amides is 1. The Morgan fingerprint density at radius 2 is 1.85 bits per heavy atom. The van der Waals surface area contributed by atoms with E-state index in [-0.39, 0.29) is 11.7 Å². The lowest BCUT2D eigenvalue weighted by Crippen LogP contribution is -2.17. The van der Waals surface area contributed by atoms with Crippen LogP contribution < -0.4 is 5.43 Å². The van der Waals surface area contributed by atoms with Crippen LogP contribution in [0.15, 0.2) is 53.6 Å². The maximum atomic E-state index is 12.7. The Kier molecular flexibility index (Phi) is 6.91. The van der Waals surface area contributed by atoms with E-state index in [9.17, 15) is 9.90 Å². The quantitative estimate of drug-likeness (QED) is 0.237. The van der Waals surface area contributed by atoms with Crippen molar-refractivity contribution in [2.24, 2.45) is 5.10 Å². The zero-order valence-corrected chi connectivity index (χ0v) is 20.6. The summed E-state index contributed by atoms with van der Waals surface area (Å²) in [5, 5.41) is 15.0. The first-order valence-corrected chi connectivity index (χ1v) is 11.6. The molecule has 0 atom stereocenters. The molecule has 0 unspecified atom stereocenters. The second kappa shape index (κ2) is 9.87. The zero-order valence-electron chi connectivity index (χ0n) is 19.1. The molecule has 0 aliphatic rings. The number of nitrogens with one attached hydrogen (secondary N) is 1. The summed E-state index contributed by atoms with van der Waals surface area (Å²) in [6, 6.07) is 14.3. The lowest BCUT2D eigenvalue weighted by atomic mass is 10.1. The van der Waals surface area contributed by atoms with Gasteiger partial charge in [0.2, 0.25) is 0 Å². The number of hydrogen-bond donors (Lipinski definition) is 2. The number of phenolic OH excluding ortho intramolecular Hbond substituents is 1. The van der Waals surface area contributed by atoms with E-state index in [2.05, 4.69) is 22.0 Å². The van der Waals surface area contributed by atoms with Crippen molar-refractivity contribution in [1.29, 1.82) is 0 Å². The maximum absolute atomic E-state index is 12.7. The summed E-state index contributed by atoms with van der Waals surface area (Å²) in [5.74, 6) is 0.643. The molecule has 4 rings (SSSR count). The number of halogens is 2. The van der Waals surface area contributed by atoms with Crippen LogP contribution in [0.2, 0.25) is 10.0 Å². The first kappa shape index (κ1) is 23.8. The highest BCUT2D eigenvalue weighted by molar-refractivity contribution is 6.36. The van der Waals surface area contributed by atoms with Gasteiger partial charge in [-0.3, -0.25) is 4.79 Å². The minimum Gasteiger partial charge on any atom is -0.507 e. The molecule has 4 aromatic rings. The lowest BCUT2D eigenvalue weighted by Gasteiger charge is -2.09. The van der Waals surface area contributed by atoms with Crippen LogP contribution in [0, 0.1) is 13.8 Å². The van der Waals surface area contributed by atoms with Gasteiger partial charge in [0.15, 0.2) is 0 Å². The molecule has 0 saturated heterocycles. The van der Waals surface area contributed by atoms with Crippen LogP contribution >= 0.6 is 23.2 Å². The number of fused-ring (bicyclic) bond motifs is 1. The zero-order chi connectivity index (χ0) is 24.4. The molecule has 174 valence electrons. The molecule has 0 spiro atoms. The molecular formula is C26H24Cl2N4O2. The minimum atomic E-state index is -0.346. The minimum absolute atomic E-state index is 0.260. The number of nitrogens with zero attached hydrogens (tertiary/aromatic N) is 3. The van der Waals surface area contributed by atoms with Crippen molar-refractivity contribution in [2.45, 2.75) is 33.7 Å². The molecule has 6 nitrogen and oxygen atoms in total. The van der Waals surface area contributed by atoms with E-state index < -0.39 is 0 Å². The lowest BCUT2D eigenvalue weighted by molar-refractivity contribution is 0.0955. The Hall–Kier alpha value is -3.35. The normalized spacial score (nSPS) is 11.4. The van der Waals surface area contributed by atoms with Crippen molar-refractivity contribution < 1.29 is 9.90 Å². The van der Waals surface area contributed by atoms with Crippen LogP contribution in [-0.4, -0.2) is 26.8 Å². The number of hydrazone groups is 1. The number of aromatic nitrogens is 2. The van der Waals surface area contributed by atoms with Crippen molar-refractivity contribution >= 4 is 46.4 Å². The van der Waals surface area contributed by atoms with Gasteiger partial charge in [0.25, 0.3) is 5.91 Å². The molecule has 0 radical (unpaired) electrons. The summed E-state index contributed by atoms with van der Waals surface area (Å²) in [5.41, 5.74) is 7.67.